The second-order valence-electron chi connectivity index (χ2n) is 8.54. The first-order chi connectivity index (χ1) is 18.3. The smallest absolute Gasteiger partial charge is 0.293 e. The fourth-order valence-electron chi connectivity index (χ4n) is 3.65. The summed E-state index contributed by atoms with van der Waals surface area (Å²) in [6.45, 7) is 4.13. The predicted octanol–water partition coefficient (Wildman–Crippen LogP) is 5.44. The Morgan fingerprint density at radius 2 is 1.68 bits per heavy atom. The summed E-state index contributed by atoms with van der Waals surface area (Å²) in [5.41, 5.74) is 3.70. The van der Waals surface area contributed by atoms with Crippen LogP contribution >= 0.6 is 11.8 Å². The number of para-hydroxylation sites is 2. The molecular weight excluding hydrogens is 504 g/mol. The highest BCUT2D eigenvalue weighted by Crippen LogP contribution is 2.32. The number of thioether (sulfide) groups is 1. The van der Waals surface area contributed by atoms with Crippen molar-refractivity contribution >= 4 is 40.6 Å². The molecule has 0 aromatic heterocycles. The van der Waals surface area contributed by atoms with Gasteiger partial charge in [0.15, 0.2) is 18.1 Å². The van der Waals surface area contributed by atoms with Crippen LogP contribution in [0.5, 0.6) is 17.2 Å². The second kappa shape index (κ2) is 12.3. The molecule has 1 fully saturated rings. The molecule has 0 aliphatic carbocycles. The molecular formula is C29H28N2O6S. The van der Waals surface area contributed by atoms with E-state index in [0.717, 1.165) is 39.0 Å². The molecule has 3 aromatic carbocycles. The molecule has 1 N–H and O–H groups in total. The van der Waals surface area contributed by atoms with Gasteiger partial charge < -0.3 is 19.5 Å². The third-order valence-corrected chi connectivity index (χ3v) is 6.76. The van der Waals surface area contributed by atoms with Gasteiger partial charge in [0.25, 0.3) is 17.1 Å². The Hall–Kier alpha value is -4.24. The fraction of sp³-hybridized carbons (Fsp3) is 0.207. The Bertz CT molecular complexity index is 1370. The van der Waals surface area contributed by atoms with Gasteiger partial charge in [-0.15, -0.1) is 0 Å². The molecule has 0 bridgehead atoms. The van der Waals surface area contributed by atoms with E-state index in [-0.39, 0.29) is 36.8 Å². The van der Waals surface area contributed by atoms with Crippen LogP contribution in [0.3, 0.4) is 0 Å². The summed E-state index contributed by atoms with van der Waals surface area (Å²) in [6.07, 6.45) is 1.65. The normalized spacial score (nSPS) is 14.1. The van der Waals surface area contributed by atoms with E-state index >= 15 is 0 Å². The SMILES string of the molecule is COc1ccccc1OCCN1C(=O)S/C(=C\c2ccc(OCC(=O)Nc3ccc(C)c(C)c3)cc2)C1=O. The van der Waals surface area contributed by atoms with Crippen molar-refractivity contribution in [2.45, 2.75) is 13.8 Å². The van der Waals surface area contributed by atoms with Crippen LogP contribution < -0.4 is 19.5 Å². The Morgan fingerprint density at radius 3 is 2.39 bits per heavy atom. The van der Waals surface area contributed by atoms with Gasteiger partial charge >= 0.3 is 0 Å². The first-order valence-corrected chi connectivity index (χ1v) is 12.8. The number of amides is 3. The molecule has 1 heterocycles. The number of rotatable bonds is 10. The summed E-state index contributed by atoms with van der Waals surface area (Å²) in [5, 5.41) is 2.47. The number of carbonyl (C=O) groups excluding carboxylic acids is 3. The van der Waals surface area contributed by atoms with Crippen LogP contribution in [-0.2, 0) is 9.59 Å². The van der Waals surface area contributed by atoms with Crippen LogP contribution in [0, 0.1) is 13.8 Å². The van der Waals surface area contributed by atoms with Gasteiger partial charge in [0.1, 0.15) is 12.4 Å². The number of methoxy groups -OCH3 is 1. The first-order valence-electron chi connectivity index (χ1n) is 11.9. The third-order valence-electron chi connectivity index (χ3n) is 5.85. The highest BCUT2D eigenvalue weighted by molar-refractivity contribution is 8.18. The minimum absolute atomic E-state index is 0.122. The third kappa shape index (κ3) is 6.74. The van der Waals surface area contributed by atoms with Crippen LogP contribution in [0.15, 0.2) is 71.6 Å². The molecule has 3 aromatic rings. The number of nitrogens with one attached hydrogen (secondary N) is 1. The first kappa shape index (κ1) is 26.8. The lowest BCUT2D eigenvalue weighted by molar-refractivity contribution is -0.123. The summed E-state index contributed by atoms with van der Waals surface area (Å²) < 4.78 is 16.5. The predicted molar refractivity (Wildman–Crippen MR) is 148 cm³/mol. The number of hydrogen-bond acceptors (Lipinski definition) is 7. The van der Waals surface area contributed by atoms with E-state index in [1.54, 1.807) is 49.6 Å². The summed E-state index contributed by atoms with van der Waals surface area (Å²) >= 11 is 0.886. The molecule has 1 aliphatic heterocycles. The molecule has 0 saturated carbocycles. The average Bonchev–Trinajstić information content (AvgIpc) is 3.18. The molecule has 4 rings (SSSR count). The van der Waals surface area contributed by atoms with E-state index in [2.05, 4.69) is 5.32 Å². The van der Waals surface area contributed by atoms with Gasteiger partial charge in [-0.1, -0.05) is 30.3 Å². The molecule has 1 saturated heterocycles. The van der Waals surface area contributed by atoms with E-state index in [4.69, 9.17) is 14.2 Å². The zero-order valence-corrected chi connectivity index (χ0v) is 22.2. The van der Waals surface area contributed by atoms with Gasteiger partial charge in [0.2, 0.25) is 0 Å². The number of ether oxygens (including phenoxy) is 3. The van der Waals surface area contributed by atoms with Crippen molar-refractivity contribution in [2.24, 2.45) is 0 Å². The van der Waals surface area contributed by atoms with Gasteiger partial charge in [-0.25, -0.2) is 0 Å². The van der Waals surface area contributed by atoms with Crippen molar-refractivity contribution in [3.05, 3.63) is 88.3 Å². The van der Waals surface area contributed by atoms with Crippen molar-refractivity contribution < 1.29 is 28.6 Å². The van der Waals surface area contributed by atoms with Gasteiger partial charge in [0.05, 0.1) is 18.6 Å². The van der Waals surface area contributed by atoms with E-state index < -0.39 is 0 Å². The lowest BCUT2D eigenvalue weighted by atomic mass is 10.1. The molecule has 0 spiro atoms. The van der Waals surface area contributed by atoms with Gasteiger partial charge in [-0.3, -0.25) is 19.3 Å². The molecule has 0 unspecified atom stereocenters. The zero-order chi connectivity index (χ0) is 27.1. The van der Waals surface area contributed by atoms with E-state index in [0.29, 0.717) is 22.2 Å². The van der Waals surface area contributed by atoms with Crippen LogP contribution in [0.4, 0.5) is 10.5 Å². The minimum atomic E-state index is -0.369. The van der Waals surface area contributed by atoms with Crippen molar-refractivity contribution in [3.8, 4) is 17.2 Å². The quantitative estimate of drug-likeness (QED) is 0.347. The number of carbonyl (C=O) groups is 3. The summed E-state index contributed by atoms with van der Waals surface area (Å²) in [6, 6.07) is 19.8. The summed E-state index contributed by atoms with van der Waals surface area (Å²) in [5.74, 6) is 1.00. The summed E-state index contributed by atoms with van der Waals surface area (Å²) in [4.78, 5) is 38.9. The number of benzene rings is 3. The zero-order valence-electron chi connectivity index (χ0n) is 21.4. The van der Waals surface area contributed by atoms with Crippen LogP contribution in [0.25, 0.3) is 6.08 Å². The fourth-order valence-corrected chi connectivity index (χ4v) is 4.52. The Labute approximate surface area is 225 Å². The topological polar surface area (TPSA) is 94.2 Å². The Balaban J connectivity index is 1.28. The van der Waals surface area contributed by atoms with Gasteiger partial charge in [-0.05, 0) is 84.8 Å². The molecule has 8 nitrogen and oxygen atoms in total. The summed E-state index contributed by atoms with van der Waals surface area (Å²) in [7, 11) is 1.55. The molecule has 0 atom stereocenters. The molecule has 3 amide bonds. The molecule has 0 radical (unpaired) electrons. The van der Waals surface area contributed by atoms with Crippen molar-refractivity contribution in [2.75, 3.05) is 32.2 Å². The maximum Gasteiger partial charge on any atom is 0.293 e. The van der Waals surface area contributed by atoms with Crippen LogP contribution in [0.2, 0.25) is 0 Å². The highest BCUT2D eigenvalue weighted by Gasteiger charge is 2.34. The number of nitrogens with zero attached hydrogens (tertiary/aromatic N) is 1. The van der Waals surface area contributed by atoms with Crippen LogP contribution in [-0.4, -0.2) is 48.8 Å². The lowest BCUT2D eigenvalue weighted by Crippen LogP contribution is -2.32. The maximum absolute atomic E-state index is 12.8. The lowest BCUT2D eigenvalue weighted by Gasteiger charge is -2.14. The van der Waals surface area contributed by atoms with E-state index in [1.807, 2.05) is 44.2 Å². The number of imide groups is 1. The van der Waals surface area contributed by atoms with Crippen molar-refractivity contribution in [1.82, 2.24) is 4.90 Å². The average molecular weight is 533 g/mol. The maximum atomic E-state index is 12.8. The molecule has 38 heavy (non-hydrogen) atoms. The van der Waals surface area contributed by atoms with E-state index in [9.17, 15) is 14.4 Å². The van der Waals surface area contributed by atoms with Gasteiger partial charge in [0, 0.05) is 5.69 Å². The molecule has 1 aliphatic rings. The highest BCUT2D eigenvalue weighted by atomic mass is 32.2. The van der Waals surface area contributed by atoms with E-state index in [1.165, 1.54) is 0 Å². The Kier molecular flexibility index (Phi) is 8.70. The number of hydrogen-bond donors (Lipinski definition) is 1. The monoisotopic (exact) mass is 532 g/mol. The number of aryl methyl sites for hydroxylation is 2. The molecule has 9 heteroatoms. The van der Waals surface area contributed by atoms with Gasteiger partial charge in [-0.2, -0.15) is 0 Å². The van der Waals surface area contributed by atoms with Crippen LogP contribution in [0.1, 0.15) is 16.7 Å². The minimum Gasteiger partial charge on any atom is -0.493 e. The molecule has 196 valence electrons. The number of anilines is 1. The second-order valence-corrected chi connectivity index (χ2v) is 9.53. The standard InChI is InChI=1S/C29H28N2O6S/c1-19-8-11-22(16-20(19)2)30-27(32)18-37-23-12-9-21(10-13-23)17-26-28(33)31(29(34)38-26)14-15-36-25-7-5-4-6-24(25)35-3/h4-13,16-17H,14-15,18H2,1-3H3,(H,30,32)/b26-17-. The Morgan fingerprint density at radius 1 is 0.947 bits per heavy atom. The van der Waals surface area contributed by atoms with Crippen molar-refractivity contribution in [1.29, 1.82) is 0 Å². The van der Waals surface area contributed by atoms with Crippen molar-refractivity contribution in [3.63, 3.8) is 0 Å². The largest absolute Gasteiger partial charge is 0.493 e.